The summed E-state index contributed by atoms with van der Waals surface area (Å²) < 4.78 is 0. The van der Waals surface area contributed by atoms with Gasteiger partial charge in [0.05, 0.1) is 24.6 Å². The van der Waals surface area contributed by atoms with Crippen LogP contribution >= 0.6 is 0 Å². The number of carbonyl (C=O) groups is 3. The predicted molar refractivity (Wildman–Crippen MR) is 170 cm³/mol. The predicted octanol–water partition coefficient (Wildman–Crippen LogP) is 0.255. The standard InChI is InChI=1S/C30H51N7O8/c1-31(2)27(6-4-5-25-7-9-26(10-8-25)37(44)45)21-34-14-12-32(3)11-13-33(15-17-35(19-18-34)22-28(38)39)16-20-36(23-29(40)41)24-30(42)43/h7-10,27H,4-6,11-24H2,1-3H3,(H,38,39)(H,40,41)(H,42,43). The van der Waals surface area contributed by atoms with Crippen molar-refractivity contribution in [2.75, 3.05) is 113 Å². The number of likely N-dealkylation sites (N-methyl/N-ethyl adjacent to an activating group) is 2. The molecule has 15 nitrogen and oxygen atoms in total. The first kappa shape index (κ1) is 38.0. The molecular weight excluding hydrogens is 586 g/mol. The summed E-state index contributed by atoms with van der Waals surface area (Å²) in [6.45, 7) is 6.27. The summed E-state index contributed by atoms with van der Waals surface area (Å²) in [6.07, 6.45) is 2.72. The Morgan fingerprint density at radius 3 is 1.91 bits per heavy atom. The Balaban J connectivity index is 2.02. The molecule has 0 amide bonds. The fourth-order valence-corrected chi connectivity index (χ4v) is 5.41. The zero-order valence-electron chi connectivity index (χ0n) is 26.9. The lowest BCUT2D eigenvalue weighted by Crippen LogP contribution is -2.49. The first-order chi connectivity index (χ1) is 21.3. The van der Waals surface area contributed by atoms with E-state index in [1.54, 1.807) is 12.1 Å². The Hall–Kier alpha value is -3.21. The van der Waals surface area contributed by atoms with Gasteiger partial charge in [-0.1, -0.05) is 12.1 Å². The zero-order chi connectivity index (χ0) is 33.4. The Labute approximate surface area is 265 Å². The molecular formula is C30H51N7O8. The minimum absolute atomic E-state index is 0.0852. The molecule has 254 valence electrons. The summed E-state index contributed by atoms with van der Waals surface area (Å²) >= 11 is 0. The van der Waals surface area contributed by atoms with Crippen LogP contribution in [-0.2, 0) is 20.8 Å². The summed E-state index contributed by atoms with van der Waals surface area (Å²) in [5.74, 6) is -3.06. The molecule has 0 saturated carbocycles. The van der Waals surface area contributed by atoms with Crippen LogP contribution in [0.3, 0.4) is 0 Å². The number of hydrogen-bond acceptors (Lipinski definition) is 11. The van der Waals surface area contributed by atoms with Crippen molar-refractivity contribution in [2.24, 2.45) is 0 Å². The van der Waals surface area contributed by atoms with E-state index in [2.05, 4.69) is 40.7 Å². The molecule has 2 rings (SSSR count). The third-order valence-electron chi connectivity index (χ3n) is 8.22. The summed E-state index contributed by atoms with van der Waals surface area (Å²) in [7, 11) is 6.20. The fraction of sp³-hybridized carbons (Fsp3) is 0.700. The van der Waals surface area contributed by atoms with Gasteiger partial charge in [0.25, 0.3) is 5.69 Å². The number of nitrogens with zero attached hydrogens (tertiary/aromatic N) is 7. The molecule has 15 heteroatoms. The molecule has 1 aliphatic rings. The first-order valence-electron chi connectivity index (χ1n) is 15.5. The van der Waals surface area contributed by atoms with Crippen molar-refractivity contribution in [3.63, 3.8) is 0 Å². The number of non-ortho nitro benzene ring substituents is 1. The molecule has 1 fully saturated rings. The second kappa shape index (κ2) is 20.0. The van der Waals surface area contributed by atoms with Crippen molar-refractivity contribution >= 4 is 23.6 Å². The lowest BCUT2D eigenvalue weighted by molar-refractivity contribution is -0.384. The second-order valence-electron chi connectivity index (χ2n) is 12.0. The molecule has 45 heavy (non-hydrogen) atoms. The molecule has 1 aromatic carbocycles. The van der Waals surface area contributed by atoms with Crippen LogP contribution in [0.4, 0.5) is 5.69 Å². The highest BCUT2D eigenvalue weighted by Gasteiger charge is 2.21. The van der Waals surface area contributed by atoms with Gasteiger partial charge in [0.2, 0.25) is 0 Å². The van der Waals surface area contributed by atoms with Gasteiger partial charge in [0, 0.05) is 90.2 Å². The van der Waals surface area contributed by atoms with Crippen LogP contribution in [0, 0.1) is 10.1 Å². The van der Waals surface area contributed by atoms with Crippen molar-refractivity contribution in [1.29, 1.82) is 0 Å². The SMILES string of the molecule is CN1CCN(CCN(CC(=O)O)CC(=O)O)CCN(CC(=O)O)CCN(CC(CCCc2ccc([N+](=O)[O-])cc2)N(C)C)CC1. The molecule has 0 aliphatic carbocycles. The minimum Gasteiger partial charge on any atom is -0.480 e. The molecule has 0 radical (unpaired) electrons. The normalized spacial score (nSPS) is 17.5. The zero-order valence-corrected chi connectivity index (χ0v) is 26.9. The third kappa shape index (κ3) is 16.1. The maximum atomic E-state index is 11.7. The molecule has 1 saturated heterocycles. The highest BCUT2D eigenvalue weighted by molar-refractivity contribution is 5.72. The topological polar surface area (TPSA) is 174 Å². The van der Waals surface area contributed by atoms with Crippen molar-refractivity contribution in [3.8, 4) is 0 Å². The Kier molecular flexibility index (Phi) is 16.9. The lowest BCUT2D eigenvalue weighted by atomic mass is 10.0. The molecule has 1 unspecified atom stereocenters. The van der Waals surface area contributed by atoms with Crippen LogP contribution in [0.15, 0.2) is 24.3 Å². The van der Waals surface area contributed by atoms with Crippen LogP contribution in [0.5, 0.6) is 0 Å². The van der Waals surface area contributed by atoms with Gasteiger partial charge in [0.1, 0.15) is 0 Å². The molecule has 1 aromatic rings. The number of nitro benzene ring substituents is 1. The monoisotopic (exact) mass is 637 g/mol. The van der Waals surface area contributed by atoms with Crippen molar-refractivity contribution in [1.82, 2.24) is 29.4 Å². The highest BCUT2D eigenvalue weighted by Crippen LogP contribution is 2.15. The number of carboxylic acids is 3. The smallest absolute Gasteiger partial charge is 0.317 e. The van der Waals surface area contributed by atoms with Crippen LogP contribution in [0.1, 0.15) is 18.4 Å². The van der Waals surface area contributed by atoms with Gasteiger partial charge in [-0.3, -0.25) is 44.1 Å². The van der Waals surface area contributed by atoms with Gasteiger partial charge in [-0.2, -0.15) is 0 Å². The largest absolute Gasteiger partial charge is 0.480 e. The van der Waals surface area contributed by atoms with E-state index in [4.69, 9.17) is 0 Å². The number of aliphatic carboxylic acids is 3. The minimum atomic E-state index is -1.08. The third-order valence-corrected chi connectivity index (χ3v) is 8.22. The van der Waals surface area contributed by atoms with E-state index in [0.29, 0.717) is 39.3 Å². The molecule has 1 aliphatic heterocycles. The van der Waals surface area contributed by atoms with Gasteiger partial charge in [0.15, 0.2) is 0 Å². The van der Waals surface area contributed by atoms with Gasteiger partial charge < -0.3 is 25.1 Å². The molecule has 0 aromatic heterocycles. The van der Waals surface area contributed by atoms with Gasteiger partial charge in [-0.15, -0.1) is 0 Å². The second-order valence-corrected chi connectivity index (χ2v) is 12.0. The Bertz CT molecular complexity index is 1060. The quantitative estimate of drug-likeness (QED) is 0.157. The number of rotatable bonds is 17. The lowest BCUT2D eigenvalue weighted by Gasteiger charge is -2.36. The Morgan fingerprint density at radius 1 is 0.844 bits per heavy atom. The number of nitro groups is 1. The van der Waals surface area contributed by atoms with E-state index in [0.717, 1.165) is 51.0 Å². The molecule has 1 atom stereocenters. The van der Waals surface area contributed by atoms with E-state index < -0.39 is 22.8 Å². The molecule has 0 spiro atoms. The van der Waals surface area contributed by atoms with Crippen molar-refractivity contribution < 1.29 is 34.6 Å². The number of aryl methyl sites for hydroxylation is 1. The van der Waals surface area contributed by atoms with E-state index in [1.165, 1.54) is 4.90 Å². The summed E-state index contributed by atoms with van der Waals surface area (Å²) in [5.41, 5.74) is 1.16. The number of hydrogen-bond donors (Lipinski definition) is 3. The van der Waals surface area contributed by atoms with Crippen LogP contribution in [0.2, 0.25) is 0 Å². The van der Waals surface area contributed by atoms with Crippen molar-refractivity contribution in [2.45, 2.75) is 25.3 Å². The number of carboxylic acid groups (broad SMARTS) is 3. The molecule has 3 N–H and O–H groups in total. The Morgan fingerprint density at radius 2 is 1.38 bits per heavy atom. The maximum Gasteiger partial charge on any atom is 0.317 e. The van der Waals surface area contributed by atoms with Crippen molar-refractivity contribution in [3.05, 3.63) is 39.9 Å². The van der Waals surface area contributed by atoms with Crippen LogP contribution < -0.4 is 0 Å². The highest BCUT2D eigenvalue weighted by atomic mass is 16.6. The fourth-order valence-electron chi connectivity index (χ4n) is 5.41. The average Bonchev–Trinajstić information content (AvgIpc) is 2.95. The van der Waals surface area contributed by atoms with Gasteiger partial charge in [-0.25, -0.2) is 0 Å². The van der Waals surface area contributed by atoms with Crippen LogP contribution in [-0.4, -0.2) is 186 Å². The van der Waals surface area contributed by atoms with E-state index in [-0.39, 0.29) is 37.9 Å². The maximum absolute atomic E-state index is 11.7. The van der Waals surface area contributed by atoms with E-state index in [9.17, 15) is 39.8 Å². The van der Waals surface area contributed by atoms with Gasteiger partial charge in [-0.05, 0) is 46.0 Å². The van der Waals surface area contributed by atoms with Gasteiger partial charge >= 0.3 is 17.9 Å². The van der Waals surface area contributed by atoms with E-state index >= 15 is 0 Å². The summed E-state index contributed by atoms with van der Waals surface area (Å²) in [6, 6.07) is 7.00. The molecule has 0 bridgehead atoms. The molecule has 1 heterocycles. The number of benzene rings is 1. The van der Waals surface area contributed by atoms with E-state index in [1.807, 2.05) is 17.0 Å². The summed E-state index contributed by atoms with van der Waals surface area (Å²) in [4.78, 5) is 57.0. The first-order valence-corrected chi connectivity index (χ1v) is 15.5. The average molecular weight is 638 g/mol. The van der Waals surface area contributed by atoms with Crippen LogP contribution in [0.25, 0.3) is 0 Å². The summed E-state index contributed by atoms with van der Waals surface area (Å²) in [5, 5.41) is 38.9.